The molecule has 2 aromatic carbocycles. The first-order chi connectivity index (χ1) is 24.9. The number of hydrogen-bond donors (Lipinski definition) is 1. The SMILES string of the molecule is CCCc1c2nc(-c3cc(S(=O)(=O)N4CCN(C(c5ccccc5)c5ccccc5)CC4)cnc3OCC)[nH]c(=O)c2nn1Cc1ccccn1. The molecule has 1 aliphatic rings. The van der Waals surface area contributed by atoms with Crippen molar-refractivity contribution in [2.24, 2.45) is 0 Å². The molecular formula is C38H40N8O4S. The maximum atomic E-state index is 14.2. The molecule has 0 radical (unpaired) electrons. The standard InChI is InChI=1S/C38H40N8O4S/c1-3-13-32-33-34(43-46(32)26-29-18-11-12-19-39-29)37(47)42-36(41-33)31-24-30(25-40-38(31)50-4-2)51(48,49)45-22-20-44(21-23-45)35(27-14-7-5-8-15-27)28-16-9-6-10-17-28/h5-12,14-19,24-25,35H,3-4,13,20-23,26H2,1-2H3,(H,41,42,47). The van der Waals surface area contributed by atoms with Gasteiger partial charge in [-0.25, -0.2) is 18.4 Å². The lowest BCUT2D eigenvalue weighted by Crippen LogP contribution is -2.49. The third-order valence-corrected chi connectivity index (χ3v) is 11.0. The van der Waals surface area contributed by atoms with Crippen molar-refractivity contribution in [1.82, 2.24) is 38.9 Å². The van der Waals surface area contributed by atoms with E-state index in [-0.39, 0.29) is 40.3 Å². The van der Waals surface area contributed by atoms with Crippen molar-refractivity contribution in [2.75, 3.05) is 32.8 Å². The molecule has 0 unspecified atom stereocenters. The van der Waals surface area contributed by atoms with E-state index in [9.17, 15) is 13.2 Å². The third kappa shape index (κ3) is 7.05. The number of aromatic amines is 1. The molecule has 6 aromatic rings. The number of H-pyrrole nitrogens is 1. The van der Waals surface area contributed by atoms with Crippen LogP contribution in [0.2, 0.25) is 0 Å². The van der Waals surface area contributed by atoms with E-state index >= 15 is 0 Å². The summed E-state index contributed by atoms with van der Waals surface area (Å²) in [5.74, 6) is 0.337. The number of aryl methyl sites for hydroxylation is 1. The van der Waals surface area contributed by atoms with Gasteiger partial charge in [0.1, 0.15) is 16.2 Å². The molecule has 0 atom stereocenters. The highest BCUT2D eigenvalue weighted by Crippen LogP contribution is 2.33. The molecular weight excluding hydrogens is 665 g/mol. The number of aromatic nitrogens is 6. The van der Waals surface area contributed by atoms with Crippen LogP contribution >= 0.6 is 0 Å². The fraction of sp³-hybridized carbons (Fsp3) is 0.289. The van der Waals surface area contributed by atoms with E-state index in [0.717, 1.165) is 28.9 Å². The highest BCUT2D eigenvalue weighted by atomic mass is 32.2. The maximum Gasteiger partial charge on any atom is 0.279 e. The summed E-state index contributed by atoms with van der Waals surface area (Å²) in [5.41, 5.74) is 4.40. The number of piperazine rings is 1. The topological polar surface area (TPSA) is 139 Å². The molecule has 4 aromatic heterocycles. The summed E-state index contributed by atoms with van der Waals surface area (Å²) in [5, 5.41) is 4.61. The van der Waals surface area contributed by atoms with Crippen LogP contribution in [0.1, 0.15) is 48.8 Å². The van der Waals surface area contributed by atoms with Gasteiger partial charge in [0, 0.05) is 32.4 Å². The number of ether oxygens (including phenoxy) is 1. The highest BCUT2D eigenvalue weighted by Gasteiger charge is 2.33. The Bertz CT molecular complexity index is 2230. The first kappa shape index (κ1) is 34.2. The lowest BCUT2D eigenvalue weighted by atomic mass is 9.96. The summed E-state index contributed by atoms with van der Waals surface area (Å²) >= 11 is 0. The van der Waals surface area contributed by atoms with Crippen molar-refractivity contribution in [3.63, 3.8) is 0 Å². The molecule has 1 fully saturated rings. The second kappa shape index (κ2) is 14.9. The average molecular weight is 705 g/mol. The van der Waals surface area contributed by atoms with Gasteiger partial charge in [0.25, 0.3) is 5.56 Å². The van der Waals surface area contributed by atoms with E-state index in [0.29, 0.717) is 44.7 Å². The first-order valence-electron chi connectivity index (χ1n) is 17.2. The van der Waals surface area contributed by atoms with E-state index in [1.165, 1.54) is 16.6 Å². The maximum absolute atomic E-state index is 14.2. The summed E-state index contributed by atoms with van der Waals surface area (Å²) < 4.78 is 37.4. The summed E-state index contributed by atoms with van der Waals surface area (Å²) in [6.07, 6.45) is 4.47. The average Bonchev–Trinajstić information content (AvgIpc) is 3.50. The summed E-state index contributed by atoms with van der Waals surface area (Å²) in [4.78, 5) is 32.4. The number of rotatable bonds is 12. The fourth-order valence-electron chi connectivity index (χ4n) is 6.68. The minimum absolute atomic E-state index is 0.000254. The summed E-state index contributed by atoms with van der Waals surface area (Å²) in [6, 6.07) is 27.7. The molecule has 1 aliphatic heterocycles. The van der Waals surface area contributed by atoms with Crippen molar-refractivity contribution >= 4 is 21.1 Å². The normalized spacial score (nSPS) is 14.3. The first-order valence-corrected chi connectivity index (χ1v) is 18.7. The Hall–Kier alpha value is -5.24. The highest BCUT2D eigenvalue weighted by molar-refractivity contribution is 7.89. The number of benzene rings is 2. The predicted molar refractivity (Wildman–Crippen MR) is 195 cm³/mol. The van der Waals surface area contributed by atoms with Gasteiger partial charge in [0.2, 0.25) is 15.9 Å². The van der Waals surface area contributed by atoms with Crippen LogP contribution in [-0.4, -0.2) is 80.1 Å². The number of nitrogens with zero attached hydrogens (tertiary/aromatic N) is 7. The second-order valence-electron chi connectivity index (χ2n) is 12.4. The third-order valence-electron chi connectivity index (χ3n) is 9.09. The molecule has 0 saturated carbocycles. The van der Waals surface area contributed by atoms with E-state index in [1.54, 1.807) is 10.9 Å². The Kier molecular flexibility index (Phi) is 10.0. The van der Waals surface area contributed by atoms with Crippen molar-refractivity contribution in [3.8, 4) is 17.3 Å². The minimum Gasteiger partial charge on any atom is -0.477 e. The van der Waals surface area contributed by atoms with Crippen LogP contribution in [0.3, 0.4) is 0 Å². The second-order valence-corrected chi connectivity index (χ2v) is 14.3. The fourth-order valence-corrected chi connectivity index (χ4v) is 8.08. The van der Waals surface area contributed by atoms with Gasteiger partial charge < -0.3 is 9.72 Å². The van der Waals surface area contributed by atoms with Crippen LogP contribution in [0.4, 0.5) is 0 Å². The van der Waals surface area contributed by atoms with Gasteiger partial charge in [0.15, 0.2) is 5.52 Å². The molecule has 12 nitrogen and oxygen atoms in total. The largest absolute Gasteiger partial charge is 0.477 e. The Morgan fingerprint density at radius 3 is 2.18 bits per heavy atom. The van der Waals surface area contributed by atoms with Crippen LogP contribution < -0.4 is 10.3 Å². The molecule has 0 amide bonds. The molecule has 0 bridgehead atoms. The number of nitrogens with one attached hydrogen (secondary N) is 1. The molecule has 51 heavy (non-hydrogen) atoms. The molecule has 0 aliphatic carbocycles. The zero-order valence-electron chi connectivity index (χ0n) is 28.6. The molecule has 5 heterocycles. The quantitative estimate of drug-likeness (QED) is 0.185. The Balaban J connectivity index is 1.20. The van der Waals surface area contributed by atoms with Crippen LogP contribution in [0, 0.1) is 0 Å². The Morgan fingerprint density at radius 1 is 0.863 bits per heavy atom. The molecule has 7 rings (SSSR count). The van der Waals surface area contributed by atoms with Gasteiger partial charge in [-0.05, 0) is 42.7 Å². The Morgan fingerprint density at radius 2 is 1.55 bits per heavy atom. The molecule has 1 saturated heterocycles. The van der Waals surface area contributed by atoms with Gasteiger partial charge >= 0.3 is 0 Å². The monoisotopic (exact) mass is 704 g/mol. The minimum atomic E-state index is -3.96. The zero-order chi connectivity index (χ0) is 35.4. The van der Waals surface area contributed by atoms with Crippen LogP contribution in [0.25, 0.3) is 22.4 Å². The number of sulfonamides is 1. The van der Waals surface area contributed by atoms with Gasteiger partial charge in [-0.2, -0.15) is 9.40 Å². The number of hydrogen-bond acceptors (Lipinski definition) is 9. The van der Waals surface area contributed by atoms with E-state index in [1.807, 2.05) is 68.4 Å². The molecule has 0 spiro atoms. The van der Waals surface area contributed by atoms with Gasteiger partial charge in [0.05, 0.1) is 42.3 Å². The Labute approximate surface area is 296 Å². The van der Waals surface area contributed by atoms with Crippen molar-refractivity contribution in [1.29, 1.82) is 0 Å². The van der Waals surface area contributed by atoms with Gasteiger partial charge in [-0.1, -0.05) is 80.1 Å². The van der Waals surface area contributed by atoms with E-state index < -0.39 is 15.6 Å². The lowest BCUT2D eigenvalue weighted by molar-refractivity contribution is 0.156. The van der Waals surface area contributed by atoms with Gasteiger partial charge in [-0.15, -0.1) is 0 Å². The van der Waals surface area contributed by atoms with Crippen LogP contribution in [-0.2, 0) is 23.0 Å². The van der Waals surface area contributed by atoms with Crippen molar-refractivity contribution in [3.05, 3.63) is 130 Å². The summed E-state index contributed by atoms with van der Waals surface area (Å²) in [6.45, 7) is 6.22. The van der Waals surface area contributed by atoms with Gasteiger partial charge in [-0.3, -0.25) is 19.4 Å². The van der Waals surface area contributed by atoms with E-state index in [2.05, 4.69) is 49.2 Å². The summed E-state index contributed by atoms with van der Waals surface area (Å²) in [7, 11) is -3.96. The van der Waals surface area contributed by atoms with Crippen molar-refractivity contribution in [2.45, 2.75) is 44.2 Å². The molecule has 1 N–H and O–H groups in total. The zero-order valence-corrected chi connectivity index (χ0v) is 29.5. The smallest absolute Gasteiger partial charge is 0.279 e. The van der Waals surface area contributed by atoms with Crippen LogP contribution in [0.15, 0.2) is 107 Å². The molecule has 262 valence electrons. The lowest BCUT2D eigenvalue weighted by Gasteiger charge is -2.39. The number of pyridine rings is 2. The van der Waals surface area contributed by atoms with Crippen LogP contribution in [0.5, 0.6) is 5.88 Å². The van der Waals surface area contributed by atoms with Crippen molar-refractivity contribution < 1.29 is 13.2 Å². The predicted octanol–water partition coefficient (Wildman–Crippen LogP) is 5.07. The number of fused-ring (bicyclic) bond motifs is 1. The molecule has 13 heteroatoms. The van der Waals surface area contributed by atoms with E-state index in [4.69, 9.17) is 9.72 Å².